The molecule has 0 saturated carbocycles. The van der Waals surface area contributed by atoms with Crippen molar-refractivity contribution in [2.75, 3.05) is 0 Å². The van der Waals surface area contributed by atoms with Crippen LogP contribution in [0.1, 0.15) is 24.2 Å². The van der Waals surface area contributed by atoms with Gasteiger partial charge in [-0.3, -0.25) is 5.41 Å². The van der Waals surface area contributed by atoms with Crippen LogP contribution in [0.2, 0.25) is 0 Å². The molecule has 9 heteroatoms. The minimum absolute atomic E-state index is 0.0201. The highest BCUT2D eigenvalue weighted by Gasteiger charge is 2.79. The summed E-state index contributed by atoms with van der Waals surface area (Å²) in [5, 5.41) is 38.9. The summed E-state index contributed by atoms with van der Waals surface area (Å²) in [7, 11) is 0. The van der Waals surface area contributed by atoms with Gasteiger partial charge in [-0.2, -0.15) is 15.8 Å². The summed E-state index contributed by atoms with van der Waals surface area (Å²) >= 11 is 3.33. The topological polar surface area (TPSA) is 114 Å². The maximum absolute atomic E-state index is 14.1. The molecular weight excluding hydrogens is 470 g/mol. The van der Waals surface area contributed by atoms with E-state index in [1.54, 1.807) is 31.2 Å². The summed E-state index contributed by atoms with van der Waals surface area (Å²) in [4.78, 5) is 0. The van der Waals surface area contributed by atoms with Crippen LogP contribution >= 0.6 is 15.9 Å². The maximum Gasteiger partial charge on any atom is 0.244 e. The molecule has 2 bridgehead atoms. The third kappa shape index (κ3) is 2.44. The Bertz CT molecular complexity index is 1220. The molecule has 0 aromatic heterocycles. The highest BCUT2D eigenvalue weighted by Crippen LogP contribution is 2.68. The number of nitrogens with one attached hydrogen (secondary N) is 1. The number of rotatable bonds is 2. The molecule has 2 aromatic carbocycles. The molecular formula is C22H13BrF2N4O2. The van der Waals surface area contributed by atoms with Crippen LogP contribution in [0.5, 0.6) is 0 Å². The summed E-state index contributed by atoms with van der Waals surface area (Å²) in [5.74, 6) is -5.54. The summed E-state index contributed by atoms with van der Waals surface area (Å²) in [6.45, 7) is 1.57. The Hall–Kier alpha value is -3.32. The van der Waals surface area contributed by atoms with E-state index in [-0.39, 0.29) is 5.56 Å². The van der Waals surface area contributed by atoms with Crippen molar-refractivity contribution in [2.45, 2.75) is 18.8 Å². The molecule has 2 heterocycles. The molecule has 2 aromatic rings. The number of hydrogen-bond donors (Lipinski definition) is 1. The first kappa shape index (κ1) is 20.9. The van der Waals surface area contributed by atoms with E-state index in [1.807, 2.05) is 18.2 Å². The average Bonchev–Trinajstić information content (AvgIpc) is 2.92. The molecule has 2 aliphatic heterocycles. The van der Waals surface area contributed by atoms with Crippen LogP contribution < -0.4 is 0 Å². The van der Waals surface area contributed by atoms with E-state index in [2.05, 4.69) is 15.9 Å². The summed E-state index contributed by atoms with van der Waals surface area (Å²) in [5.41, 5.74) is -3.84. The van der Waals surface area contributed by atoms with Crippen molar-refractivity contribution in [3.63, 3.8) is 0 Å². The van der Waals surface area contributed by atoms with Gasteiger partial charge in [-0.05, 0) is 29.8 Å². The lowest BCUT2D eigenvalue weighted by molar-refractivity contribution is -0.288. The molecule has 4 atom stereocenters. The Balaban J connectivity index is 2.04. The average molecular weight is 483 g/mol. The zero-order chi connectivity index (χ0) is 22.6. The van der Waals surface area contributed by atoms with Gasteiger partial charge >= 0.3 is 0 Å². The lowest BCUT2D eigenvalue weighted by Crippen LogP contribution is -2.57. The van der Waals surface area contributed by atoms with Crippen LogP contribution in [0, 0.1) is 67.8 Å². The zero-order valence-corrected chi connectivity index (χ0v) is 17.6. The fourth-order valence-corrected chi connectivity index (χ4v) is 4.79. The van der Waals surface area contributed by atoms with E-state index < -0.39 is 46.2 Å². The molecule has 0 aliphatic carbocycles. The molecule has 154 valence electrons. The van der Waals surface area contributed by atoms with E-state index in [4.69, 9.17) is 14.9 Å². The Morgan fingerprint density at radius 2 is 1.65 bits per heavy atom. The molecule has 2 saturated heterocycles. The normalized spacial score (nSPS) is 30.5. The van der Waals surface area contributed by atoms with Crippen molar-refractivity contribution in [3.8, 4) is 18.2 Å². The van der Waals surface area contributed by atoms with Crippen molar-refractivity contribution in [1.29, 1.82) is 21.2 Å². The summed E-state index contributed by atoms with van der Waals surface area (Å²) in [6, 6.07) is 15.3. The van der Waals surface area contributed by atoms with Gasteiger partial charge in [0, 0.05) is 10.0 Å². The Morgan fingerprint density at radius 1 is 1.00 bits per heavy atom. The van der Waals surface area contributed by atoms with E-state index in [9.17, 15) is 24.6 Å². The van der Waals surface area contributed by atoms with Gasteiger partial charge in [0.05, 0.1) is 24.1 Å². The van der Waals surface area contributed by atoms with E-state index in [0.29, 0.717) is 5.56 Å². The fraction of sp³-hybridized carbons (Fsp3) is 0.273. The molecule has 0 amide bonds. The van der Waals surface area contributed by atoms with E-state index in [0.717, 1.165) is 16.6 Å². The van der Waals surface area contributed by atoms with Crippen LogP contribution in [0.3, 0.4) is 0 Å². The van der Waals surface area contributed by atoms with Crippen molar-refractivity contribution in [1.82, 2.24) is 0 Å². The second kappa shape index (κ2) is 6.85. The molecule has 1 N–H and O–H groups in total. The number of fused-ring (bicyclic) bond motifs is 2. The molecule has 2 aliphatic rings. The number of hydrogen-bond acceptors (Lipinski definition) is 6. The maximum atomic E-state index is 14.1. The van der Waals surface area contributed by atoms with Gasteiger partial charge in [0.15, 0.2) is 17.0 Å². The minimum Gasteiger partial charge on any atom is -0.443 e. The van der Waals surface area contributed by atoms with Crippen molar-refractivity contribution < 1.29 is 18.3 Å². The van der Waals surface area contributed by atoms with Gasteiger partial charge in [-0.15, -0.1) is 0 Å². The highest BCUT2D eigenvalue weighted by atomic mass is 79.9. The van der Waals surface area contributed by atoms with E-state index in [1.165, 1.54) is 6.07 Å². The predicted octanol–water partition coefficient (Wildman–Crippen LogP) is 4.84. The predicted molar refractivity (Wildman–Crippen MR) is 106 cm³/mol. The van der Waals surface area contributed by atoms with Crippen LogP contribution in [0.25, 0.3) is 0 Å². The first-order valence-corrected chi connectivity index (χ1v) is 9.92. The van der Waals surface area contributed by atoms with Gasteiger partial charge in [0.2, 0.25) is 17.1 Å². The molecule has 4 unspecified atom stereocenters. The summed E-state index contributed by atoms with van der Waals surface area (Å²) in [6.07, 6.45) is -1.50. The van der Waals surface area contributed by atoms with Crippen LogP contribution in [0.4, 0.5) is 8.78 Å². The van der Waals surface area contributed by atoms with E-state index >= 15 is 0 Å². The quantitative estimate of drug-likeness (QED) is 0.657. The van der Waals surface area contributed by atoms with Crippen molar-refractivity contribution in [3.05, 3.63) is 69.7 Å². The standard InChI is InChI=1S/C22H13BrF2N4O2/c1-12-21(11-28)19(29)31-22(12,14-3-5-15(23)6-4-14)30-18(20(21,9-26)10-27)13-2-7-16(24)17(25)8-13/h2-8,12,18,29H,1H3. The van der Waals surface area contributed by atoms with Gasteiger partial charge in [-0.1, -0.05) is 41.1 Å². The highest BCUT2D eigenvalue weighted by molar-refractivity contribution is 9.10. The number of nitriles is 3. The second-order valence-electron chi connectivity index (χ2n) is 7.45. The Morgan fingerprint density at radius 3 is 2.19 bits per heavy atom. The lowest BCUT2D eigenvalue weighted by Gasteiger charge is -2.48. The smallest absolute Gasteiger partial charge is 0.244 e. The molecule has 2 fully saturated rings. The number of ether oxygens (including phenoxy) is 2. The largest absolute Gasteiger partial charge is 0.443 e. The zero-order valence-electron chi connectivity index (χ0n) is 16.0. The first-order chi connectivity index (χ1) is 14.7. The first-order valence-electron chi connectivity index (χ1n) is 9.13. The Kier molecular flexibility index (Phi) is 4.63. The van der Waals surface area contributed by atoms with Crippen LogP contribution in [-0.2, 0) is 15.3 Å². The molecule has 4 rings (SSSR count). The number of benzene rings is 2. The summed E-state index contributed by atoms with van der Waals surface area (Å²) < 4.78 is 40.4. The van der Waals surface area contributed by atoms with Gasteiger partial charge in [0.25, 0.3) is 0 Å². The van der Waals surface area contributed by atoms with Crippen molar-refractivity contribution in [2.24, 2.45) is 16.7 Å². The van der Waals surface area contributed by atoms with Gasteiger partial charge in [-0.25, -0.2) is 8.78 Å². The third-order valence-corrected chi connectivity index (χ3v) is 6.69. The van der Waals surface area contributed by atoms with Gasteiger partial charge < -0.3 is 9.47 Å². The third-order valence-electron chi connectivity index (χ3n) is 6.16. The van der Waals surface area contributed by atoms with Crippen LogP contribution in [-0.4, -0.2) is 5.90 Å². The molecule has 6 nitrogen and oxygen atoms in total. The lowest BCUT2D eigenvalue weighted by atomic mass is 9.53. The number of halogens is 3. The van der Waals surface area contributed by atoms with Gasteiger partial charge in [0.1, 0.15) is 6.10 Å². The number of nitrogens with zero attached hydrogens (tertiary/aromatic N) is 3. The second-order valence-corrected chi connectivity index (χ2v) is 8.37. The minimum atomic E-state index is -2.25. The monoisotopic (exact) mass is 482 g/mol. The Labute approximate surface area is 184 Å². The fourth-order valence-electron chi connectivity index (χ4n) is 4.53. The SMILES string of the molecule is CC1C2(c3ccc(Br)cc3)OC(=N)C1(C#N)C(C#N)(C#N)C(c1ccc(F)c(F)c1)O2. The molecule has 0 radical (unpaired) electrons. The molecule has 0 spiro atoms. The van der Waals surface area contributed by atoms with Crippen LogP contribution in [0.15, 0.2) is 46.9 Å². The molecule has 31 heavy (non-hydrogen) atoms. The van der Waals surface area contributed by atoms with Crippen molar-refractivity contribution >= 4 is 21.8 Å².